The van der Waals surface area contributed by atoms with Gasteiger partial charge in [-0.1, -0.05) is 0 Å². The van der Waals surface area contributed by atoms with Gasteiger partial charge >= 0.3 is 0 Å². The Hall–Kier alpha value is -3.09. The Bertz CT molecular complexity index is 948. The Balaban J connectivity index is 1.88. The number of carbonyl (C=O) groups is 1. The highest BCUT2D eigenvalue weighted by molar-refractivity contribution is 5.92. The van der Waals surface area contributed by atoms with E-state index in [2.05, 4.69) is 9.97 Å². The summed E-state index contributed by atoms with van der Waals surface area (Å²) in [5.41, 5.74) is 1.97. The third kappa shape index (κ3) is 4.36. The van der Waals surface area contributed by atoms with E-state index < -0.39 is 11.6 Å². The molecule has 3 aromatic rings. The van der Waals surface area contributed by atoms with E-state index in [0.717, 1.165) is 11.6 Å². The molecule has 1 aromatic carbocycles. The minimum Gasteiger partial charge on any atom is -0.340 e. The second-order valence-electron chi connectivity index (χ2n) is 6.66. The molecule has 5 nitrogen and oxygen atoms in total. The molecule has 0 unspecified atom stereocenters. The molecule has 2 aromatic heterocycles. The highest BCUT2D eigenvalue weighted by atomic mass is 19.1. The quantitative estimate of drug-likeness (QED) is 0.686. The maximum atomic E-state index is 13.5. The van der Waals surface area contributed by atoms with E-state index in [4.69, 9.17) is 0 Å². The molecule has 3 rings (SSSR count). The van der Waals surface area contributed by atoms with Crippen molar-refractivity contribution < 1.29 is 13.6 Å². The van der Waals surface area contributed by atoms with Gasteiger partial charge in [-0.3, -0.25) is 9.78 Å². The number of amides is 1. The van der Waals surface area contributed by atoms with Crippen molar-refractivity contribution in [1.82, 2.24) is 19.4 Å². The number of hydrogen-bond acceptors (Lipinski definition) is 3. The molecule has 0 N–H and O–H groups in total. The van der Waals surface area contributed by atoms with Crippen molar-refractivity contribution in [2.24, 2.45) is 7.05 Å². The molecule has 0 aliphatic carbocycles. The molecular weight excluding hydrogens is 350 g/mol. The summed E-state index contributed by atoms with van der Waals surface area (Å²) < 4.78 is 28.7. The van der Waals surface area contributed by atoms with E-state index in [9.17, 15) is 13.6 Å². The smallest absolute Gasteiger partial charge is 0.274 e. The molecule has 0 fully saturated rings. The van der Waals surface area contributed by atoms with E-state index in [-0.39, 0.29) is 11.9 Å². The lowest BCUT2D eigenvalue weighted by Crippen LogP contribution is -2.36. The summed E-state index contributed by atoms with van der Waals surface area (Å²) in [6.45, 7) is 4.18. The minimum atomic E-state index is -0.661. The van der Waals surface area contributed by atoms with Crippen molar-refractivity contribution >= 4 is 5.91 Å². The number of hydrogen-bond donors (Lipinski definition) is 0. The summed E-state index contributed by atoms with van der Waals surface area (Å²) in [5, 5.41) is 0. The number of halogens is 2. The Labute approximate surface area is 156 Å². The fraction of sp³-hybridized carbons (Fsp3) is 0.250. The standard InChI is InChI=1S/C20H20F2N4O/c1-13(2)26(20(27)19-11-25(3)12-24-19)10-14-4-5-23-18(6-14)15-7-16(21)9-17(22)8-15/h4-9,11-13H,10H2,1-3H3. The van der Waals surface area contributed by atoms with Gasteiger partial charge in [0.1, 0.15) is 17.3 Å². The third-order valence-corrected chi connectivity index (χ3v) is 4.14. The molecule has 1 amide bonds. The van der Waals surface area contributed by atoms with Crippen molar-refractivity contribution in [3.63, 3.8) is 0 Å². The van der Waals surface area contributed by atoms with Gasteiger partial charge < -0.3 is 9.47 Å². The molecule has 140 valence electrons. The van der Waals surface area contributed by atoms with Crippen LogP contribution in [0.2, 0.25) is 0 Å². The summed E-state index contributed by atoms with van der Waals surface area (Å²) in [5.74, 6) is -1.50. The Kier molecular flexibility index (Phi) is 5.30. The minimum absolute atomic E-state index is 0.0530. The summed E-state index contributed by atoms with van der Waals surface area (Å²) >= 11 is 0. The van der Waals surface area contributed by atoms with Crippen LogP contribution in [0.25, 0.3) is 11.3 Å². The number of imidazole rings is 1. The van der Waals surface area contributed by atoms with Gasteiger partial charge in [0.05, 0.1) is 12.0 Å². The zero-order valence-corrected chi connectivity index (χ0v) is 15.4. The van der Waals surface area contributed by atoms with Crippen LogP contribution in [0.1, 0.15) is 29.9 Å². The van der Waals surface area contributed by atoms with E-state index in [1.54, 1.807) is 47.4 Å². The van der Waals surface area contributed by atoms with Gasteiger partial charge in [0.25, 0.3) is 5.91 Å². The first-order valence-electron chi connectivity index (χ1n) is 8.54. The molecule has 0 aliphatic rings. The number of rotatable bonds is 5. The van der Waals surface area contributed by atoms with E-state index >= 15 is 0 Å². The van der Waals surface area contributed by atoms with Crippen molar-refractivity contribution in [3.05, 3.63) is 71.9 Å². The first-order valence-corrected chi connectivity index (χ1v) is 8.54. The lowest BCUT2D eigenvalue weighted by Gasteiger charge is -2.26. The molecule has 0 saturated carbocycles. The molecular formula is C20H20F2N4O. The van der Waals surface area contributed by atoms with Crippen LogP contribution in [0.5, 0.6) is 0 Å². The second kappa shape index (κ2) is 7.65. The maximum absolute atomic E-state index is 13.5. The molecule has 0 saturated heterocycles. The summed E-state index contributed by atoms with van der Waals surface area (Å²) in [4.78, 5) is 22.8. The van der Waals surface area contributed by atoms with Crippen LogP contribution in [-0.2, 0) is 13.6 Å². The van der Waals surface area contributed by atoms with Gasteiger partial charge in [0.2, 0.25) is 0 Å². The highest BCUT2D eigenvalue weighted by Gasteiger charge is 2.21. The zero-order valence-electron chi connectivity index (χ0n) is 15.4. The normalized spacial score (nSPS) is 11.0. The van der Waals surface area contributed by atoms with Crippen LogP contribution in [-0.4, -0.2) is 31.4 Å². The van der Waals surface area contributed by atoms with Crippen LogP contribution in [0, 0.1) is 11.6 Å². The predicted octanol–water partition coefficient (Wildman–Crippen LogP) is 3.81. The molecule has 0 atom stereocenters. The SMILES string of the molecule is CC(C)N(Cc1ccnc(-c2cc(F)cc(F)c2)c1)C(=O)c1cn(C)cn1. The number of carbonyl (C=O) groups excluding carboxylic acids is 1. The second-order valence-corrected chi connectivity index (χ2v) is 6.66. The predicted molar refractivity (Wildman–Crippen MR) is 97.8 cm³/mol. The Morgan fingerprint density at radius 1 is 1.15 bits per heavy atom. The molecule has 2 heterocycles. The summed E-state index contributed by atoms with van der Waals surface area (Å²) in [6, 6.07) is 6.74. The average Bonchev–Trinajstić information content (AvgIpc) is 3.05. The number of pyridine rings is 1. The molecule has 27 heavy (non-hydrogen) atoms. The third-order valence-electron chi connectivity index (χ3n) is 4.14. The van der Waals surface area contributed by atoms with E-state index in [0.29, 0.717) is 23.5 Å². The van der Waals surface area contributed by atoms with Crippen molar-refractivity contribution in [1.29, 1.82) is 0 Å². The van der Waals surface area contributed by atoms with Gasteiger partial charge in [-0.05, 0) is 43.7 Å². The first kappa shape index (κ1) is 18.7. The average molecular weight is 370 g/mol. The molecule has 0 radical (unpaired) electrons. The summed E-state index contributed by atoms with van der Waals surface area (Å²) in [7, 11) is 1.80. The van der Waals surface area contributed by atoms with Gasteiger partial charge in [0, 0.05) is 43.7 Å². The number of aryl methyl sites for hydroxylation is 1. The molecule has 0 bridgehead atoms. The zero-order chi connectivity index (χ0) is 19.6. The van der Waals surface area contributed by atoms with E-state index in [1.165, 1.54) is 12.1 Å². The largest absolute Gasteiger partial charge is 0.340 e. The number of nitrogens with zero attached hydrogens (tertiary/aromatic N) is 4. The van der Waals surface area contributed by atoms with Gasteiger partial charge in [0.15, 0.2) is 0 Å². The Morgan fingerprint density at radius 3 is 2.44 bits per heavy atom. The van der Waals surface area contributed by atoms with Crippen LogP contribution in [0.4, 0.5) is 8.78 Å². The van der Waals surface area contributed by atoms with E-state index in [1.807, 2.05) is 13.8 Å². The van der Waals surface area contributed by atoms with Gasteiger partial charge in [-0.15, -0.1) is 0 Å². The number of benzene rings is 1. The van der Waals surface area contributed by atoms with Crippen LogP contribution >= 0.6 is 0 Å². The van der Waals surface area contributed by atoms with Crippen LogP contribution in [0.15, 0.2) is 49.1 Å². The number of aromatic nitrogens is 3. The van der Waals surface area contributed by atoms with Crippen molar-refractivity contribution in [2.75, 3.05) is 0 Å². The fourth-order valence-electron chi connectivity index (χ4n) is 2.79. The highest BCUT2D eigenvalue weighted by Crippen LogP contribution is 2.22. The maximum Gasteiger partial charge on any atom is 0.274 e. The van der Waals surface area contributed by atoms with Crippen LogP contribution < -0.4 is 0 Å². The molecule has 0 aliphatic heterocycles. The van der Waals surface area contributed by atoms with Crippen LogP contribution in [0.3, 0.4) is 0 Å². The monoisotopic (exact) mass is 370 g/mol. The lowest BCUT2D eigenvalue weighted by atomic mass is 10.1. The van der Waals surface area contributed by atoms with Gasteiger partial charge in [-0.25, -0.2) is 13.8 Å². The van der Waals surface area contributed by atoms with Crippen molar-refractivity contribution in [3.8, 4) is 11.3 Å². The lowest BCUT2D eigenvalue weighted by molar-refractivity contribution is 0.0684. The summed E-state index contributed by atoms with van der Waals surface area (Å²) in [6.07, 6.45) is 4.82. The first-order chi connectivity index (χ1) is 12.8. The fourth-order valence-corrected chi connectivity index (χ4v) is 2.79. The Morgan fingerprint density at radius 2 is 1.85 bits per heavy atom. The van der Waals surface area contributed by atoms with Gasteiger partial charge in [-0.2, -0.15) is 0 Å². The molecule has 7 heteroatoms. The topological polar surface area (TPSA) is 51.0 Å². The van der Waals surface area contributed by atoms with Crippen molar-refractivity contribution in [2.45, 2.75) is 26.4 Å². The molecule has 0 spiro atoms.